The molecule has 5 nitrogen and oxygen atoms in total. The molecule has 0 aromatic heterocycles. The fourth-order valence-corrected chi connectivity index (χ4v) is 3.42. The molecule has 31 heavy (non-hydrogen) atoms. The Morgan fingerprint density at radius 1 is 1.13 bits per heavy atom. The molecule has 1 aliphatic heterocycles. The number of alkyl halides is 3. The summed E-state index contributed by atoms with van der Waals surface area (Å²) in [6.07, 6.45) is -6.08. The van der Waals surface area contributed by atoms with E-state index in [1.165, 1.54) is 0 Å². The van der Waals surface area contributed by atoms with Gasteiger partial charge in [0.05, 0.1) is 6.04 Å². The minimum atomic E-state index is -5.10. The number of benzene rings is 2. The summed E-state index contributed by atoms with van der Waals surface area (Å²) < 4.78 is 72.9. The van der Waals surface area contributed by atoms with Gasteiger partial charge >= 0.3 is 12.3 Å². The number of rotatable bonds is 5. The van der Waals surface area contributed by atoms with Gasteiger partial charge < -0.3 is 10.5 Å². The molecule has 0 bridgehead atoms. The highest BCUT2D eigenvalue weighted by Gasteiger charge is 2.51. The van der Waals surface area contributed by atoms with E-state index >= 15 is 0 Å². The third-order valence-electron chi connectivity index (χ3n) is 4.75. The molecule has 0 spiro atoms. The van der Waals surface area contributed by atoms with Crippen molar-refractivity contribution in [2.75, 3.05) is 6.61 Å². The number of imide groups is 1. The molecule has 1 fully saturated rings. The summed E-state index contributed by atoms with van der Waals surface area (Å²) in [5, 5.41) is 0. The first kappa shape index (κ1) is 24.5. The summed E-state index contributed by atoms with van der Waals surface area (Å²) in [6.45, 7) is -0.211. The molecule has 0 aliphatic carbocycles. The van der Waals surface area contributed by atoms with Crippen LogP contribution in [0.4, 0.5) is 26.7 Å². The Morgan fingerprint density at radius 3 is 2.26 bits per heavy atom. The molecule has 11 heteroatoms. The highest BCUT2D eigenvalue weighted by molar-refractivity contribution is 5.97. The maximum Gasteiger partial charge on any atom is 0.417 e. The van der Waals surface area contributed by atoms with Crippen molar-refractivity contribution in [1.82, 2.24) is 4.90 Å². The van der Waals surface area contributed by atoms with Crippen molar-refractivity contribution >= 4 is 24.4 Å². The molecule has 2 amide bonds. The zero-order chi connectivity index (χ0) is 22.1. The Morgan fingerprint density at radius 2 is 1.71 bits per heavy atom. The van der Waals surface area contributed by atoms with Crippen molar-refractivity contribution < 1.29 is 36.3 Å². The predicted octanol–water partition coefficient (Wildman–Crippen LogP) is 3.95. The van der Waals surface area contributed by atoms with E-state index in [1.54, 1.807) is 30.3 Å². The minimum Gasteiger partial charge on any atom is -0.447 e. The SMILES string of the molecule is Cl.N[C@H](C(=O)N1C(=O)OC[C@@H]1Cc1ccccc1)C(c1cc(F)cc(F)c1)C(F)(F)F. The Bertz CT molecular complexity index is 922. The smallest absolute Gasteiger partial charge is 0.417 e. The molecular formula is C20H18ClF5N2O3. The molecule has 3 atom stereocenters. The van der Waals surface area contributed by atoms with Crippen LogP contribution >= 0.6 is 12.4 Å². The van der Waals surface area contributed by atoms with Crippen molar-refractivity contribution in [2.45, 2.75) is 30.6 Å². The van der Waals surface area contributed by atoms with Gasteiger partial charge in [-0.3, -0.25) is 4.79 Å². The van der Waals surface area contributed by atoms with Gasteiger partial charge in [-0.15, -0.1) is 12.4 Å². The van der Waals surface area contributed by atoms with Crippen LogP contribution < -0.4 is 5.73 Å². The van der Waals surface area contributed by atoms with Gasteiger partial charge in [0.2, 0.25) is 5.91 Å². The van der Waals surface area contributed by atoms with Gasteiger partial charge in [0.1, 0.15) is 30.2 Å². The van der Waals surface area contributed by atoms with Crippen LogP contribution in [0.5, 0.6) is 0 Å². The van der Waals surface area contributed by atoms with E-state index in [1.807, 2.05) is 0 Å². The van der Waals surface area contributed by atoms with Crippen molar-refractivity contribution in [3.05, 3.63) is 71.3 Å². The molecule has 1 heterocycles. The zero-order valence-corrected chi connectivity index (χ0v) is 16.6. The summed E-state index contributed by atoms with van der Waals surface area (Å²) in [7, 11) is 0. The number of halogens is 6. The fraction of sp³-hybridized carbons (Fsp3) is 0.300. The van der Waals surface area contributed by atoms with E-state index in [0.29, 0.717) is 23.1 Å². The zero-order valence-electron chi connectivity index (χ0n) is 15.8. The molecule has 1 aliphatic rings. The molecule has 0 radical (unpaired) electrons. The van der Waals surface area contributed by atoms with Crippen LogP contribution in [0, 0.1) is 11.6 Å². The first-order valence-electron chi connectivity index (χ1n) is 8.90. The van der Waals surface area contributed by atoms with Gasteiger partial charge in [0.25, 0.3) is 0 Å². The molecular weight excluding hydrogens is 447 g/mol. The van der Waals surface area contributed by atoms with Crippen molar-refractivity contribution in [2.24, 2.45) is 5.73 Å². The second-order valence-electron chi connectivity index (χ2n) is 6.88. The highest BCUT2D eigenvalue weighted by atomic mass is 35.5. The van der Waals surface area contributed by atoms with E-state index < -0.39 is 53.4 Å². The number of ether oxygens (including phenoxy) is 1. The number of carbonyl (C=O) groups excluding carboxylic acids is 2. The van der Waals surface area contributed by atoms with Gasteiger partial charge in [0, 0.05) is 6.07 Å². The van der Waals surface area contributed by atoms with E-state index in [9.17, 15) is 31.5 Å². The lowest BCUT2D eigenvalue weighted by molar-refractivity contribution is -0.163. The molecule has 2 N–H and O–H groups in total. The minimum absolute atomic E-state index is 0. The number of hydrogen-bond acceptors (Lipinski definition) is 4. The van der Waals surface area contributed by atoms with Crippen LogP contribution in [0.3, 0.4) is 0 Å². The third kappa shape index (κ3) is 5.50. The normalized spacial score (nSPS) is 18.2. The van der Waals surface area contributed by atoms with E-state index in [2.05, 4.69) is 0 Å². The molecule has 168 valence electrons. The Labute approximate surface area is 180 Å². The quantitative estimate of drug-likeness (QED) is 0.680. The summed E-state index contributed by atoms with van der Waals surface area (Å²) in [5.74, 6) is -6.56. The lowest BCUT2D eigenvalue weighted by Crippen LogP contribution is -2.53. The van der Waals surface area contributed by atoms with Gasteiger partial charge in [-0.05, 0) is 29.7 Å². The topological polar surface area (TPSA) is 72.6 Å². The Balaban J connectivity index is 0.00000341. The van der Waals surface area contributed by atoms with Crippen molar-refractivity contribution in [1.29, 1.82) is 0 Å². The number of carbonyl (C=O) groups is 2. The van der Waals surface area contributed by atoms with Gasteiger partial charge in [-0.25, -0.2) is 18.5 Å². The number of hydrogen-bond donors (Lipinski definition) is 1. The lowest BCUT2D eigenvalue weighted by Gasteiger charge is -2.29. The molecule has 0 saturated carbocycles. The lowest BCUT2D eigenvalue weighted by atomic mass is 9.89. The maximum atomic E-state index is 13.7. The van der Waals surface area contributed by atoms with Crippen LogP contribution in [0.1, 0.15) is 17.0 Å². The summed E-state index contributed by atoms with van der Waals surface area (Å²) >= 11 is 0. The number of nitrogens with two attached hydrogens (primary N) is 1. The van der Waals surface area contributed by atoms with Crippen molar-refractivity contribution in [3.63, 3.8) is 0 Å². The second kappa shape index (κ2) is 9.61. The summed E-state index contributed by atoms with van der Waals surface area (Å²) in [4.78, 5) is 25.4. The second-order valence-corrected chi connectivity index (χ2v) is 6.88. The van der Waals surface area contributed by atoms with Gasteiger partial charge in [-0.2, -0.15) is 13.2 Å². The summed E-state index contributed by atoms with van der Waals surface area (Å²) in [5.41, 5.74) is 5.49. The third-order valence-corrected chi connectivity index (χ3v) is 4.75. The standard InChI is InChI=1S/C20H17F5N2O3.ClH/c21-13-7-12(8-14(22)9-13)16(20(23,24)25)17(26)18(28)27-15(10-30-19(27)29)6-11-4-2-1-3-5-11;/h1-5,7-9,15-17H,6,10,26H2;1H/t15-,16?,17-;/m0./s1. The number of cyclic esters (lactones) is 1. The number of amides is 2. The van der Waals surface area contributed by atoms with Gasteiger partial charge in [-0.1, -0.05) is 30.3 Å². The van der Waals surface area contributed by atoms with Crippen LogP contribution in [-0.4, -0.2) is 41.8 Å². The van der Waals surface area contributed by atoms with Crippen molar-refractivity contribution in [3.8, 4) is 0 Å². The summed E-state index contributed by atoms with van der Waals surface area (Å²) in [6, 6.07) is 6.79. The average Bonchev–Trinajstić information content (AvgIpc) is 3.00. The van der Waals surface area contributed by atoms with Crippen LogP contribution in [0.15, 0.2) is 48.5 Å². The first-order chi connectivity index (χ1) is 14.1. The molecule has 2 aromatic rings. The molecule has 1 saturated heterocycles. The Hall–Kier alpha value is -2.72. The van der Waals surface area contributed by atoms with Crippen LogP contribution in [-0.2, 0) is 16.0 Å². The predicted molar refractivity (Wildman–Crippen MR) is 103 cm³/mol. The highest BCUT2D eigenvalue weighted by Crippen LogP contribution is 2.38. The Kier molecular flexibility index (Phi) is 7.61. The van der Waals surface area contributed by atoms with E-state index in [4.69, 9.17) is 10.5 Å². The molecule has 2 aromatic carbocycles. The average molecular weight is 465 g/mol. The molecule has 3 rings (SSSR count). The van der Waals surface area contributed by atoms with Crippen LogP contribution in [0.25, 0.3) is 0 Å². The van der Waals surface area contributed by atoms with E-state index in [0.717, 1.165) is 5.56 Å². The largest absolute Gasteiger partial charge is 0.447 e. The number of nitrogens with zero attached hydrogens (tertiary/aromatic N) is 1. The van der Waals surface area contributed by atoms with Gasteiger partial charge in [0.15, 0.2) is 0 Å². The first-order valence-corrected chi connectivity index (χ1v) is 8.90. The fourth-order valence-electron chi connectivity index (χ4n) is 3.42. The van der Waals surface area contributed by atoms with E-state index in [-0.39, 0.29) is 25.4 Å². The van der Waals surface area contributed by atoms with Crippen LogP contribution in [0.2, 0.25) is 0 Å². The maximum absolute atomic E-state index is 13.7. The monoisotopic (exact) mass is 464 g/mol. The molecule has 1 unspecified atom stereocenters.